The molecule has 2 atom stereocenters. The highest BCUT2D eigenvalue weighted by Gasteiger charge is 2.38. The first-order valence-corrected chi connectivity index (χ1v) is 8.86. The first kappa shape index (κ1) is 15.3. The molecule has 0 unspecified atom stereocenters. The highest BCUT2D eigenvalue weighted by Crippen LogP contribution is 2.34. The summed E-state index contributed by atoms with van der Waals surface area (Å²) in [6.07, 6.45) is 0.682. The quantitative estimate of drug-likeness (QED) is 0.766. The highest BCUT2D eigenvalue weighted by atomic mass is 32.1. The van der Waals surface area contributed by atoms with Crippen molar-refractivity contribution in [2.24, 2.45) is 0 Å². The molecule has 1 aliphatic rings. The Morgan fingerprint density at radius 2 is 2.29 bits per heavy atom. The Balaban J connectivity index is 1.66. The summed E-state index contributed by atoms with van der Waals surface area (Å²) in [5.41, 5.74) is 0. The summed E-state index contributed by atoms with van der Waals surface area (Å²) in [6.45, 7) is 2.31. The van der Waals surface area contributed by atoms with Gasteiger partial charge in [-0.3, -0.25) is 9.89 Å². The Hall–Kier alpha value is -2.25. The fourth-order valence-electron chi connectivity index (χ4n) is 3.13. The van der Waals surface area contributed by atoms with Crippen molar-refractivity contribution in [1.82, 2.24) is 20.1 Å². The Bertz CT molecular complexity index is 854. The summed E-state index contributed by atoms with van der Waals surface area (Å²) in [5, 5.41) is 18.3. The van der Waals surface area contributed by atoms with Gasteiger partial charge in [-0.05, 0) is 17.5 Å². The second-order valence-corrected chi connectivity index (χ2v) is 7.09. The Morgan fingerprint density at radius 1 is 1.46 bits per heavy atom. The second-order valence-electron chi connectivity index (χ2n) is 6.01. The number of H-pyrrole nitrogens is 1. The summed E-state index contributed by atoms with van der Waals surface area (Å²) >= 11 is 1.48. The Labute approximate surface area is 143 Å². The lowest BCUT2D eigenvalue weighted by Crippen LogP contribution is -2.31. The van der Waals surface area contributed by atoms with Crippen molar-refractivity contribution < 1.29 is 9.90 Å². The molecule has 0 aliphatic carbocycles. The number of carbonyl (C=O) groups is 1. The molecule has 7 heteroatoms. The van der Waals surface area contributed by atoms with E-state index in [0.717, 1.165) is 22.3 Å². The highest BCUT2D eigenvalue weighted by molar-refractivity contribution is 7.20. The number of amides is 1. The summed E-state index contributed by atoms with van der Waals surface area (Å²) in [6, 6.07) is 9.58. The zero-order chi connectivity index (χ0) is 16.7. The largest absolute Gasteiger partial charge is 0.391 e. The molecule has 4 rings (SSSR count). The van der Waals surface area contributed by atoms with Crippen LogP contribution < -0.4 is 0 Å². The Kier molecular flexibility index (Phi) is 3.82. The normalized spacial score (nSPS) is 20.8. The number of likely N-dealkylation sites (tertiary alicyclic amines) is 1. The summed E-state index contributed by atoms with van der Waals surface area (Å²) < 4.78 is 1.09. The van der Waals surface area contributed by atoms with Crippen LogP contribution in [0.1, 0.15) is 40.7 Å². The minimum Gasteiger partial charge on any atom is -0.391 e. The molecule has 1 saturated heterocycles. The van der Waals surface area contributed by atoms with Gasteiger partial charge in [0, 0.05) is 24.1 Å². The van der Waals surface area contributed by atoms with Gasteiger partial charge >= 0.3 is 0 Å². The SMILES string of the molecule is CCc1nc([C@@H]2C[C@@H](O)CN2C(=O)c2cc3ccccc3s2)n[nH]1. The van der Waals surface area contributed by atoms with Crippen LogP contribution in [-0.4, -0.2) is 43.7 Å². The molecular weight excluding hydrogens is 324 g/mol. The summed E-state index contributed by atoms with van der Waals surface area (Å²) in [5.74, 6) is 1.30. The minimum atomic E-state index is -0.545. The van der Waals surface area contributed by atoms with Gasteiger partial charge in [0.15, 0.2) is 5.82 Å². The number of hydrogen-bond donors (Lipinski definition) is 2. The number of aliphatic hydroxyl groups is 1. The van der Waals surface area contributed by atoms with Crippen molar-refractivity contribution in [3.05, 3.63) is 46.9 Å². The molecule has 2 aromatic heterocycles. The fraction of sp³-hybridized carbons (Fsp3) is 0.353. The fourth-order valence-corrected chi connectivity index (χ4v) is 4.15. The van der Waals surface area contributed by atoms with Crippen LogP contribution >= 0.6 is 11.3 Å². The molecule has 24 heavy (non-hydrogen) atoms. The van der Waals surface area contributed by atoms with Crippen LogP contribution in [0, 0.1) is 0 Å². The number of thiophene rings is 1. The van der Waals surface area contributed by atoms with Gasteiger partial charge in [-0.15, -0.1) is 11.3 Å². The molecule has 0 radical (unpaired) electrons. The van der Waals surface area contributed by atoms with E-state index in [2.05, 4.69) is 15.2 Å². The van der Waals surface area contributed by atoms with Gasteiger partial charge in [-0.1, -0.05) is 25.1 Å². The third-order valence-electron chi connectivity index (χ3n) is 4.36. The van der Waals surface area contributed by atoms with Crippen LogP contribution in [0.2, 0.25) is 0 Å². The van der Waals surface area contributed by atoms with Crippen molar-refractivity contribution >= 4 is 27.3 Å². The number of β-amino-alcohol motifs (C(OH)–C–C–N with tert-alkyl or cyclic N) is 1. The summed E-state index contributed by atoms with van der Waals surface area (Å²) in [7, 11) is 0. The predicted octanol–water partition coefficient (Wildman–Crippen LogP) is 2.53. The van der Waals surface area contributed by atoms with E-state index < -0.39 is 6.10 Å². The molecule has 0 saturated carbocycles. The van der Waals surface area contributed by atoms with Crippen molar-refractivity contribution in [2.45, 2.75) is 31.9 Å². The maximum atomic E-state index is 13.0. The topological polar surface area (TPSA) is 82.1 Å². The summed E-state index contributed by atoms with van der Waals surface area (Å²) in [4.78, 5) is 19.8. The van der Waals surface area contributed by atoms with Gasteiger partial charge in [0.05, 0.1) is 17.0 Å². The maximum absolute atomic E-state index is 13.0. The number of aromatic amines is 1. The molecule has 1 aliphatic heterocycles. The number of carbonyl (C=O) groups excluding carboxylic acids is 1. The smallest absolute Gasteiger partial charge is 0.264 e. The molecule has 0 bridgehead atoms. The van der Waals surface area contributed by atoms with Crippen LogP contribution in [-0.2, 0) is 6.42 Å². The number of aryl methyl sites for hydroxylation is 1. The molecule has 1 fully saturated rings. The maximum Gasteiger partial charge on any atom is 0.264 e. The number of rotatable bonds is 3. The number of fused-ring (bicyclic) bond motifs is 1. The van der Waals surface area contributed by atoms with Crippen molar-refractivity contribution in [3.63, 3.8) is 0 Å². The van der Waals surface area contributed by atoms with E-state index in [0.29, 0.717) is 23.7 Å². The van der Waals surface area contributed by atoms with E-state index >= 15 is 0 Å². The number of aliphatic hydroxyl groups excluding tert-OH is 1. The van der Waals surface area contributed by atoms with Crippen LogP contribution in [0.5, 0.6) is 0 Å². The molecule has 124 valence electrons. The number of hydrogen-bond acceptors (Lipinski definition) is 5. The van der Waals surface area contributed by atoms with E-state index in [-0.39, 0.29) is 11.9 Å². The van der Waals surface area contributed by atoms with Gasteiger partial charge in [0.1, 0.15) is 5.82 Å². The van der Waals surface area contributed by atoms with Gasteiger partial charge in [0.25, 0.3) is 5.91 Å². The number of nitrogens with one attached hydrogen (secondary N) is 1. The molecule has 3 heterocycles. The zero-order valence-electron chi connectivity index (χ0n) is 13.3. The van der Waals surface area contributed by atoms with Crippen LogP contribution in [0.4, 0.5) is 0 Å². The average Bonchev–Trinajstić information content (AvgIpc) is 3.30. The third-order valence-corrected chi connectivity index (χ3v) is 5.46. The van der Waals surface area contributed by atoms with E-state index in [9.17, 15) is 9.90 Å². The second kappa shape index (κ2) is 5.99. The van der Waals surface area contributed by atoms with Crippen molar-refractivity contribution in [1.29, 1.82) is 0 Å². The molecule has 1 aromatic carbocycles. The Morgan fingerprint density at radius 3 is 3.04 bits per heavy atom. The van der Waals surface area contributed by atoms with Gasteiger partial charge < -0.3 is 10.0 Å². The standard InChI is InChI=1S/C17H18N4O2S/c1-2-15-18-16(20-19-15)12-8-11(22)9-21(12)17(23)14-7-10-5-3-4-6-13(10)24-14/h3-7,11-12,22H,2,8-9H2,1H3,(H,18,19,20)/t11-,12+/m1/s1. The van der Waals surface area contributed by atoms with Gasteiger partial charge in [0.2, 0.25) is 0 Å². The lowest BCUT2D eigenvalue weighted by atomic mass is 10.2. The number of aromatic nitrogens is 3. The molecule has 3 aromatic rings. The molecule has 0 spiro atoms. The molecule has 6 nitrogen and oxygen atoms in total. The number of benzene rings is 1. The van der Waals surface area contributed by atoms with Gasteiger partial charge in [-0.25, -0.2) is 4.98 Å². The van der Waals surface area contributed by atoms with Crippen LogP contribution in [0.3, 0.4) is 0 Å². The van der Waals surface area contributed by atoms with E-state index in [1.807, 2.05) is 37.3 Å². The van der Waals surface area contributed by atoms with E-state index in [1.54, 1.807) is 4.90 Å². The van der Waals surface area contributed by atoms with E-state index in [4.69, 9.17) is 0 Å². The molecule has 2 N–H and O–H groups in total. The minimum absolute atomic E-state index is 0.0689. The van der Waals surface area contributed by atoms with Gasteiger partial charge in [-0.2, -0.15) is 5.10 Å². The van der Waals surface area contributed by atoms with Crippen LogP contribution in [0.15, 0.2) is 30.3 Å². The number of nitrogens with zero attached hydrogens (tertiary/aromatic N) is 3. The molecular formula is C17H18N4O2S. The third kappa shape index (κ3) is 2.59. The predicted molar refractivity (Wildman–Crippen MR) is 92.0 cm³/mol. The van der Waals surface area contributed by atoms with Crippen LogP contribution in [0.25, 0.3) is 10.1 Å². The monoisotopic (exact) mass is 342 g/mol. The van der Waals surface area contributed by atoms with E-state index in [1.165, 1.54) is 11.3 Å². The first-order chi connectivity index (χ1) is 11.7. The van der Waals surface area contributed by atoms with Crippen molar-refractivity contribution in [2.75, 3.05) is 6.54 Å². The lowest BCUT2D eigenvalue weighted by Gasteiger charge is -2.21. The lowest BCUT2D eigenvalue weighted by molar-refractivity contribution is 0.0716. The average molecular weight is 342 g/mol. The zero-order valence-corrected chi connectivity index (χ0v) is 14.1. The molecule has 1 amide bonds. The van der Waals surface area contributed by atoms with Crippen molar-refractivity contribution in [3.8, 4) is 0 Å². The first-order valence-electron chi connectivity index (χ1n) is 8.04.